The Hall–Kier alpha value is -2.99. The number of fused-ring (bicyclic) bond motifs is 1. The van der Waals surface area contributed by atoms with E-state index in [-0.39, 0.29) is 5.91 Å². The van der Waals surface area contributed by atoms with Gasteiger partial charge < -0.3 is 5.32 Å². The Bertz CT molecular complexity index is 1080. The largest absolute Gasteiger partial charge is 0.346 e. The molecule has 0 saturated carbocycles. The first-order chi connectivity index (χ1) is 12.6. The molecule has 26 heavy (non-hydrogen) atoms. The summed E-state index contributed by atoms with van der Waals surface area (Å²) in [5.41, 5.74) is 3.94. The van der Waals surface area contributed by atoms with E-state index >= 15 is 0 Å². The highest BCUT2D eigenvalue weighted by atomic mass is 32.1. The highest BCUT2D eigenvalue weighted by Gasteiger charge is 2.17. The van der Waals surface area contributed by atoms with E-state index in [9.17, 15) is 4.79 Å². The van der Waals surface area contributed by atoms with Crippen molar-refractivity contribution in [3.8, 4) is 5.69 Å². The van der Waals surface area contributed by atoms with Gasteiger partial charge in [0.1, 0.15) is 4.83 Å². The van der Waals surface area contributed by atoms with Crippen LogP contribution in [0.1, 0.15) is 26.6 Å². The van der Waals surface area contributed by atoms with Crippen molar-refractivity contribution in [2.75, 3.05) is 0 Å². The quantitative estimate of drug-likeness (QED) is 0.596. The standard InChI is InChI=1S/C20H18N4OS/c1-13-7-3-4-9-17(13)24-20-16(14(2)23-24)11-18(26-20)19(25)22-12-15-8-5-6-10-21-15/h3-11H,12H2,1-2H3,(H,22,25). The van der Waals surface area contributed by atoms with Gasteiger partial charge in [-0.2, -0.15) is 5.10 Å². The van der Waals surface area contributed by atoms with Crippen LogP contribution in [-0.2, 0) is 6.54 Å². The maximum Gasteiger partial charge on any atom is 0.261 e. The van der Waals surface area contributed by atoms with Crippen molar-refractivity contribution in [1.82, 2.24) is 20.1 Å². The number of hydrogen-bond acceptors (Lipinski definition) is 4. The number of pyridine rings is 1. The zero-order valence-corrected chi connectivity index (χ0v) is 15.4. The minimum absolute atomic E-state index is 0.0902. The van der Waals surface area contributed by atoms with E-state index in [0.29, 0.717) is 11.4 Å². The van der Waals surface area contributed by atoms with Gasteiger partial charge in [0.2, 0.25) is 0 Å². The molecule has 0 fully saturated rings. The summed E-state index contributed by atoms with van der Waals surface area (Å²) < 4.78 is 1.93. The molecule has 1 N–H and O–H groups in total. The number of rotatable bonds is 4. The van der Waals surface area contributed by atoms with Crippen molar-refractivity contribution in [3.05, 3.63) is 76.6 Å². The number of carbonyl (C=O) groups excluding carboxylic acids is 1. The topological polar surface area (TPSA) is 59.8 Å². The van der Waals surface area contributed by atoms with E-state index < -0.39 is 0 Å². The van der Waals surface area contributed by atoms with Crippen LogP contribution in [0.2, 0.25) is 0 Å². The number of nitrogens with one attached hydrogen (secondary N) is 1. The number of carbonyl (C=O) groups is 1. The first-order valence-electron chi connectivity index (χ1n) is 8.37. The maximum absolute atomic E-state index is 12.6. The van der Waals surface area contributed by atoms with Gasteiger partial charge in [0.15, 0.2) is 0 Å². The number of amides is 1. The summed E-state index contributed by atoms with van der Waals surface area (Å²) in [6.07, 6.45) is 1.72. The van der Waals surface area contributed by atoms with E-state index in [1.807, 2.05) is 54.1 Å². The van der Waals surface area contributed by atoms with E-state index in [0.717, 1.165) is 32.9 Å². The zero-order valence-electron chi connectivity index (χ0n) is 14.6. The molecule has 130 valence electrons. The summed E-state index contributed by atoms with van der Waals surface area (Å²) in [7, 11) is 0. The fraction of sp³-hybridized carbons (Fsp3) is 0.150. The molecule has 0 atom stereocenters. The fourth-order valence-corrected chi connectivity index (χ4v) is 3.98. The van der Waals surface area contributed by atoms with Crippen LogP contribution < -0.4 is 5.32 Å². The summed E-state index contributed by atoms with van der Waals surface area (Å²) in [4.78, 5) is 18.4. The normalized spacial score (nSPS) is 11.0. The van der Waals surface area contributed by atoms with Gasteiger partial charge >= 0.3 is 0 Å². The first kappa shape index (κ1) is 16.5. The van der Waals surface area contributed by atoms with Crippen LogP contribution in [0.25, 0.3) is 15.9 Å². The Balaban J connectivity index is 1.65. The van der Waals surface area contributed by atoms with E-state index in [1.54, 1.807) is 6.20 Å². The Labute approximate surface area is 155 Å². The number of thiophene rings is 1. The van der Waals surface area contributed by atoms with Crippen molar-refractivity contribution < 1.29 is 4.79 Å². The third-order valence-electron chi connectivity index (χ3n) is 4.27. The van der Waals surface area contributed by atoms with Gasteiger partial charge in [-0.3, -0.25) is 9.78 Å². The van der Waals surface area contributed by atoms with Gasteiger partial charge in [0.05, 0.1) is 28.5 Å². The van der Waals surface area contributed by atoms with Crippen LogP contribution in [0.3, 0.4) is 0 Å². The van der Waals surface area contributed by atoms with Gasteiger partial charge in [-0.05, 0) is 43.7 Å². The Morgan fingerprint density at radius 3 is 2.73 bits per heavy atom. The molecule has 1 amide bonds. The van der Waals surface area contributed by atoms with E-state index in [4.69, 9.17) is 0 Å². The molecule has 5 nitrogen and oxygen atoms in total. The van der Waals surface area contributed by atoms with Crippen LogP contribution in [-0.4, -0.2) is 20.7 Å². The third kappa shape index (κ3) is 2.99. The van der Waals surface area contributed by atoms with Crippen LogP contribution >= 0.6 is 11.3 Å². The Kier molecular flexibility index (Phi) is 4.26. The van der Waals surface area contributed by atoms with Gasteiger partial charge in [-0.1, -0.05) is 24.3 Å². The molecule has 1 aromatic carbocycles. The van der Waals surface area contributed by atoms with Crippen molar-refractivity contribution in [2.24, 2.45) is 0 Å². The van der Waals surface area contributed by atoms with Gasteiger partial charge in [-0.15, -0.1) is 11.3 Å². The smallest absolute Gasteiger partial charge is 0.261 e. The molecule has 0 radical (unpaired) electrons. The lowest BCUT2D eigenvalue weighted by Gasteiger charge is -2.06. The molecular weight excluding hydrogens is 344 g/mol. The van der Waals surface area contributed by atoms with Crippen molar-refractivity contribution >= 4 is 27.5 Å². The van der Waals surface area contributed by atoms with Gasteiger partial charge in [0, 0.05) is 11.6 Å². The van der Waals surface area contributed by atoms with Crippen molar-refractivity contribution in [1.29, 1.82) is 0 Å². The number of aryl methyl sites for hydroxylation is 2. The molecule has 0 unspecified atom stereocenters. The predicted octanol–water partition coefficient (Wildman–Crippen LogP) is 4.03. The van der Waals surface area contributed by atoms with E-state index in [2.05, 4.69) is 28.4 Å². The lowest BCUT2D eigenvalue weighted by molar-refractivity contribution is 0.0954. The molecule has 0 saturated heterocycles. The minimum Gasteiger partial charge on any atom is -0.346 e. The second-order valence-corrected chi connectivity index (χ2v) is 7.15. The van der Waals surface area contributed by atoms with Gasteiger partial charge in [0.25, 0.3) is 5.91 Å². The average molecular weight is 362 g/mol. The molecule has 3 aromatic heterocycles. The predicted molar refractivity (Wildman–Crippen MR) is 104 cm³/mol. The molecule has 0 aliphatic carbocycles. The molecule has 0 aliphatic rings. The summed E-state index contributed by atoms with van der Waals surface area (Å²) in [6, 6.07) is 15.7. The maximum atomic E-state index is 12.6. The van der Waals surface area contributed by atoms with Crippen LogP contribution in [0, 0.1) is 13.8 Å². The molecule has 0 bridgehead atoms. The average Bonchev–Trinajstić information content (AvgIpc) is 3.22. The Morgan fingerprint density at radius 2 is 1.96 bits per heavy atom. The van der Waals surface area contributed by atoms with E-state index in [1.165, 1.54) is 11.3 Å². The highest BCUT2D eigenvalue weighted by molar-refractivity contribution is 7.20. The zero-order chi connectivity index (χ0) is 18.1. The number of hydrogen-bond donors (Lipinski definition) is 1. The molecule has 3 heterocycles. The molecule has 6 heteroatoms. The summed E-state index contributed by atoms with van der Waals surface area (Å²) >= 11 is 1.46. The van der Waals surface area contributed by atoms with Crippen LogP contribution in [0.15, 0.2) is 54.7 Å². The molecule has 4 aromatic rings. The summed E-state index contributed by atoms with van der Waals surface area (Å²) in [5, 5.41) is 8.61. The number of aromatic nitrogens is 3. The van der Waals surface area contributed by atoms with Crippen LogP contribution in [0.5, 0.6) is 0 Å². The SMILES string of the molecule is Cc1ccccc1-n1nc(C)c2cc(C(=O)NCc3ccccn3)sc21. The number of para-hydroxylation sites is 1. The highest BCUT2D eigenvalue weighted by Crippen LogP contribution is 2.31. The lowest BCUT2D eigenvalue weighted by atomic mass is 10.2. The number of benzene rings is 1. The fourth-order valence-electron chi connectivity index (χ4n) is 2.88. The minimum atomic E-state index is -0.0902. The monoisotopic (exact) mass is 362 g/mol. The second kappa shape index (κ2) is 6.72. The van der Waals surface area contributed by atoms with Crippen molar-refractivity contribution in [2.45, 2.75) is 20.4 Å². The second-order valence-electron chi connectivity index (χ2n) is 6.12. The molecule has 0 spiro atoms. The van der Waals surface area contributed by atoms with Gasteiger partial charge in [-0.25, -0.2) is 4.68 Å². The molecule has 4 rings (SSSR count). The third-order valence-corrected chi connectivity index (χ3v) is 5.38. The van der Waals surface area contributed by atoms with Crippen molar-refractivity contribution in [3.63, 3.8) is 0 Å². The summed E-state index contributed by atoms with van der Waals surface area (Å²) in [5.74, 6) is -0.0902. The molecule has 0 aliphatic heterocycles. The summed E-state index contributed by atoms with van der Waals surface area (Å²) in [6.45, 7) is 4.45. The lowest BCUT2D eigenvalue weighted by Crippen LogP contribution is -2.22. The Morgan fingerprint density at radius 1 is 1.15 bits per heavy atom. The first-order valence-corrected chi connectivity index (χ1v) is 9.18. The van der Waals surface area contributed by atoms with Crippen LogP contribution in [0.4, 0.5) is 0 Å². The number of nitrogens with zero attached hydrogens (tertiary/aromatic N) is 3. The molecular formula is C20H18N4OS.